The highest BCUT2D eigenvalue weighted by atomic mass is 16.2. The summed E-state index contributed by atoms with van der Waals surface area (Å²) in [5.41, 5.74) is 1.60. The van der Waals surface area contributed by atoms with Crippen LogP contribution in [0.3, 0.4) is 0 Å². The number of nitrogens with one attached hydrogen (secondary N) is 2. The molecule has 0 aliphatic carbocycles. The van der Waals surface area contributed by atoms with Crippen LogP contribution in [0.1, 0.15) is 11.3 Å². The molecule has 0 fully saturated rings. The average molecular weight is 286 g/mol. The number of nitrogens with zero attached hydrogens (tertiary/aromatic N) is 2. The fourth-order valence-electron chi connectivity index (χ4n) is 1.82. The first kappa shape index (κ1) is 14.8. The smallest absolute Gasteiger partial charge is 0.315 e. The van der Waals surface area contributed by atoms with E-state index < -0.39 is 0 Å². The van der Waals surface area contributed by atoms with E-state index in [1.807, 2.05) is 30.3 Å². The monoisotopic (exact) mass is 286 g/mol. The second-order valence-corrected chi connectivity index (χ2v) is 4.66. The van der Waals surface area contributed by atoms with Crippen LogP contribution >= 0.6 is 0 Å². The maximum Gasteiger partial charge on any atom is 0.315 e. The molecule has 0 radical (unpaired) electrons. The Hall–Kier alpha value is -2.63. The first-order chi connectivity index (χ1) is 10.1. The molecule has 0 aliphatic heterocycles. The van der Waals surface area contributed by atoms with Gasteiger partial charge in [-0.05, 0) is 12.5 Å². The van der Waals surface area contributed by atoms with Crippen molar-refractivity contribution in [1.82, 2.24) is 20.2 Å². The molecule has 0 aliphatic rings. The topological polar surface area (TPSA) is 76.0 Å². The maximum absolute atomic E-state index is 11.6. The molecule has 2 amide bonds. The van der Waals surface area contributed by atoms with E-state index >= 15 is 0 Å². The Morgan fingerprint density at radius 1 is 1.24 bits per heavy atom. The Morgan fingerprint density at radius 3 is 2.71 bits per heavy atom. The third-order valence-corrected chi connectivity index (χ3v) is 2.95. The van der Waals surface area contributed by atoms with Gasteiger partial charge in [0.15, 0.2) is 0 Å². The van der Waals surface area contributed by atoms with Crippen LogP contribution in [0.15, 0.2) is 47.5 Å². The van der Waals surface area contributed by atoms with Crippen LogP contribution < -0.4 is 16.2 Å². The number of urea groups is 1. The minimum atomic E-state index is -0.257. The highest BCUT2D eigenvalue weighted by Gasteiger charge is 2.01. The lowest BCUT2D eigenvalue weighted by molar-refractivity contribution is 0.240. The van der Waals surface area contributed by atoms with Gasteiger partial charge in [0, 0.05) is 31.4 Å². The van der Waals surface area contributed by atoms with Crippen LogP contribution in [-0.4, -0.2) is 22.1 Å². The van der Waals surface area contributed by atoms with E-state index in [4.69, 9.17) is 0 Å². The molecule has 0 saturated carbocycles. The molecular weight excluding hydrogens is 268 g/mol. The van der Waals surface area contributed by atoms with Gasteiger partial charge in [-0.3, -0.25) is 9.36 Å². The molecule has 0 unspecified atom stereocenters. The molecule has 110 valence electrons. The first-order valence-corrected chi connectivity index (χ1v) is 6.74. The maximum atomic E-state index is 11.6. The lowest BCUT2D eigenvalue weighted by atomic mass is 10.2. The number of carbonyl (C=O) groups excluding carboxylic acids is 1. The number of aryl methyl sites for hydroxylation is 1. The van der Waals surface area contributed by atoms with Crippen LogP contribution in [0.25, 0.3) is 0 Å². The van der Waals surface area contributed by atoms with E-state index in [0.717, 1.165) is 5.56 Å². The number of rotatable bonds is 5. The third-order valence-electron chi connectivity index (χ3n) is 2.95. The Bertz CT molecular complexity index is 652. The predicted octanol–water partition coefficient (Wildman–Crippen LogP) is 1.05. The standard InChI is InChI=1S/C15H18N4O2/c1-12-9-14(20)19(11-18-12)8-7-16-15(21)17-10-13-5-3-2-4-6-13/h2-6,9,11H,7-8,10H2,1H3,(H2,16,17,21). The molecule has 6 nitrogen and oxygen atoms in total. The molecular formula is C15H18N4O2. The van der Waals surface area contributed by atoms with E-state index in [-0.39, 0.29) is 11.6 Å². The van der Waals surface area contributed by atoms with E-state index in [1.165, 1.54) is 17.0 Å². The summed E-state index contributed by atoms with van der Waals surface area (Å²) in [6, 6.07) is 10.9. The van der Waals surface area contributed by atoms with Crippen LogP contribution in [-0.2, 0) is 13.1 Å². The normalized spacial score (nSPS) is 10.1. The Kier molecular flexibility index (Phi) is 5.09. The van der Waals surface area contributed by atoms with Gasteiger partial charge in [-0.2, -0.15) is 0 Å². The van der Waals surface area contributed by atoms with Crippen molar-refractivity contribution in [1.29, 1.82) is 0 Å². The largest absolute Gasteiger partial charge is 0.336 e. The van der Waals surface area contributed by atoms with Gasteiger partial charge in [0.25, 0.3) is 5.56 Å². The fourth-order valence-corrected chi connectivity index (χ4v) is 1.82. The Morgan fingerprint density at radius 2 is 2.00 bits per heavy atom. The third kappa shape index (κ3) is 4.76. The molecule has 1 heterocycles. The van der Waals surface area contributed by atoms with Crippen molar-refractivity contribution in [3.8, 4) is 0 Å². The van der Waals surface area contributed by atoms with Gasteiger partial charge in [-0.1, -0.05) is 30.3 Å². The lowest BCUT2D eigenvalue weighted by Crippen LogP contribution is -2.37. The zero-order valence-electron chi connectivity index (χ0n) is 11.9. The highest BCUT2D eigenvalue weighted by Crippen LogP contribution is 1.96. The second kappa shape index (κ2) is 7.23. The zero-order chi connectivity index (χ0) is 15.1. The summed E-state index contributed by atoms with van der Waals surface area (Å²) in [6.45, 7) is 3.00. The molecule has 0 atom stereocenters. The van der Waals surface area contributed by atoms with Gasteiger partial charge in [-0.15, -0.1) is 0 Å². The second-order valence-electron chi connectivity index (χ2n) is 4.66. The predicted molar refractivity (Wildman–Crippen MR) is 79.9 cm³/mol. The molecule has 2 aromatic rings. The number of hydrogen-bond acceptors (Lipinski definition) is 3. The summed E-state index contributed by atoms with van der Waals surface area (Å²) in [5.74, 6) is 0. The summed E-state index contributed by atoms with van der Waals surface area (Å²) in [5, 5.41) is 5.46. The van der Waals surface area contributed by atoms with Gasteiger partial charge in [-0.25, -0.2) is 9.78 Å². The van der Waals surface area contributed by atoms with Gasteiger partial charge >= 0.3 is 6.03 Å². The van der Waals surface area contributed by atoms with Gasteiger partial charge in [0.2, 0.25) is 0 Å². The molecule has 0 bridgehead atoms. The van der Waals surface area contributed by atoms with Gasteiger partial charge < -0.3 is 10.6 Å². The molecule has 2 rings (SSSR count). The summed E-state index contributed by atoms with van der Waals surface area (Å²) >= 11 is 0. The minimum absolute atomic E-state index is 0.117. The SMILES string of the molecule is Cc1cc(=O)n(CCNC(=O)NCc2ccccc2)cn1. The number of benzene rings is 1. The van der Waals surface area contributed by atoms with Crippen molar-refractivity contribution in [3.63, 3.8) is 0 Å². The van der Waals surface area contributed by atoms with E-state index in [0.29, 0.717) is 25.3 Å². The zero-order valence-corrected chi connectivity index (χ0v) is 11.9. The van der Waals surface area contributed by atoms with Crippen LogP contribution in [0, 0.1) is 6.92 Å². The van der Waals surface area contributed by atoms with Crippen molar-refractivity contribution < 1.29 is 4.79 Å². The number of aromatic nitrogens is 2. The molecule has 0 spiro atoms. The minimum Gasteiger partial charge on any atom is -0.336 e. The van der Waals surface area contributed by atoms with E-state index in [9.17, 15) is 9.59 Å². The van der Waals surface area contributed by atoms with Gasteiger partial charge in [0.1, 0.15) is 0 Å². The van der Waals surface area contributed by atoms with Crippen molar-refractivity contribution >= 4 is 6.03 Å². The van der Waals surface area contributed by atoms with Crippen LogP contribution in [0.2, 0.25) is 0 Å². The fraction of sp³-hybridized carbons (Fsp3) is 0.267. The molecule has 21 heavy (non-hydrogen) atoms. The Balaban J connectivity index is 1.73. The number of carbonyl (C=O) groups is 1. The summed E-state index contributed by atoms with van der Waals surface area (Å²) < 4.78 is 1.46. The number of hydrogen-bond donors (Lipinski definition) is 2. The molecule has 1 aromatic heterocycles. The van der Waals surface area contributed by atoms with Crippen molar-refractivity contribution in [2.45, 2.75) is 20.0 Å². The van der Waals surface area contributed by atoms with Crippen molar-refractivity contribution in [2.24, 2.45) is 0 Å². The number of amides is 2. The van der Waals surface area contributed by atoms with Crippen LogP contribution in [0.5, 0.6) is 0 Å². The lowest BCUT2D eigenvalue weighted by Gasteiger charge is -2.09. The molecule has 1 aromatic carbocycles. The molecule has 2 N–H and O–H groups in total. The summed E-state index contributed by atoms with van der Waals surface area (Å²) in [6.07, 6.45) is 1.49. The molecule has 0 saturated heterocycles. The summed E-state index contributed by atoms with van der Waals surface area (Å²) in [7, 11) is 0. The Labute approximate surface area is 122 Å². The molecule has 6 heteroatoms. The van der Waals surface area contributed by atoms with Crippen molar-refractivity contribution in [2.75, 3.05) is 6.54 Å². The average Bonchev–Trinajstić information content (AvgIpc) is 2.48. The quantitative estimate of drug-likeness (QED) is 0.862. The van der Waals surface area contributed by atoms with Crippen molar-refractivity contribution in [3.05, 3.63) is 64.3 Å². The van der Waals surface area contributed by atoms with E-state index in [2.05, 4.69) is 15.6 Å². The van der Waals surface area contributed by atoms with Crippen LogP contribution in [0.4, 0.5) is 4.79 Å². The van der Waals surface area contributed by atoms with Gasteiger partial charge in [0.05, 0.1) is 6.33 Å². The van der Waals surface area contributed by atoms with E-state index in [1.54, 1.807) is 6.92 Å². The summed E-state index contributed by atoms with van der Waals surface area (Å²) in [4.78, 5) is 27.3. The first-order valence-electron chi connectivity index (χ1n) is 6.74. The highest BCUT2D eigenvalue weighted by molar-refractivity contribution is 5.73.